The zero-order chi connectivity index (χ0) is 11.4. The van der Waals surface area contributed by atoms with E-state index in [9.17, 15) is 5.11 Å². The summed E-state index contributed by atoms with van der Waals surface area (Å²) in [6, 6.07) is 8.02. The van der Waals surface area contributed by atoms with Gasteiger partial charge in [-0.15, -0.1) is 0 Å². The fraction of sp³-hybridized carbons (Fsp3) is 0.538. The van der Waals surface area contributed by atoms with Crippen LogP contribution in [0, 0.1) is 5.92 Å². The molecule has 1 aromatic rings. The topological polar surface area (TPSA) is 41.5 Å². The molecule has 0 radical (unpaired) electrons. The molecule has 2 rings (SSSR count). The molecule has 0 aliphatic carbocycles. The van der Waals surface area contributed by atoms with Crippen LogP contribution in [0.1, 0.15) is 12.0 Å². The summed E-state index contributed by atoms with van der Waals surface area (Å²) in [5.41, 5.74) is 1.18. The van der Waals surface area contributed by atoms with E-state index in [1.165, 1.54) is 5.56 Å². The Labute approximate surface area is 96.4 Å². The van der Waals surface area contributed by atoms with Crippen LogP contribution in [0.25, 0.3) is 0 Å². The number of hydrogen-bond acceptors (Lipinski definition) is 3. The zero-order valence-electron chi connectivity index (χ0n) is 9.65. The molecule has 1 fully saturated rings. The number of piperidine rings is 1. The van der Waals surface area contributed by atoms with Crippen LogP contribution in [0.15, 0.2) is 24.3 Å². The average Bonchev–Trinajstić information content (AvgIpc) is 2.33. The molecule has 2 unspecified atom stereocenters. The van der Waals surface area contributed by atoms with E-state index >= 15 is 0 Å². The Hall–Kier alpha value is -1.06. The van der Waals surface area contributed by atoms with Gasteiger partial charge in [0, 0.05) is 12.5 Å². The van der Waals surface area contributed by atoms with E-state index in [4.69, 9.17) is 4.74 Å². The second kappa shape index (κ2) is 5.32. The second-order valence-corrected chi connectivity index (χ2v) is 4.34. The smallest absolute Gasteiger partial charge is 0.122 e. The van der Waals surface area contributed by atoms with Gasteiger partial charge < -0.3 is 15.2 Å². The Morgan fingerprint density at radius 3 is 3.00 bits per heavy atom. The van der Waals surface area contributed by atoms with Gasteiger partial charge in [-0.25, -0.2) is 0 Å². The van der Waals surface area contributed by atoms with E-state index in [2.05, 4.69) is 11.4 Å². The number of methoxy groups -OCH3 is 1. The number of benzene rings is 1. The van der Waals surface area contributed by atoms with Crippen molar-refractivity contribution < 1.29 is 9.84 Å². The molecule has 3 heteroatoms. The fourth-order valence-corrected chi connectivity index (χ4v) is 2.27. The number of para-hydroxylation sites is 1. The van der Waals surface area contributed by atoms with Crippen LogP contribution in [0.3, 0.4) is 0 Å². The van der Waals surface area contributed by atoms with Gasteiger partial charge in [-0.05, 0) is 31.0 Å². The Morgan fingerprint density at radius 1 is 1.44 bits per heavy atom. The van der Waals surface area contributed by atoms with Gasteiger partial charge in [-0.3, -0.25) is 0 Å². The first-order valence-corrected chi connectivity index (χ1v) is 5.82. The van der Waals surface area contributed by atoms with E-state index in [1.807, 2.05) is 18.2 Å². The van der Waals surface area contributed by atoms with Crippen molar-refractivity contribution in [3.63, 3.8) is 0 Å². The predicted octanol–water partition coefficient (Wildman–Crippen LogP) is 1.21. The molecule has 1 aliphatic rings. The van der Waals surface area contributed by atoms with Crippen LogP contribution in [0.2, 0.25) is 0 Å². The summed E-state index contributed by atoms with van der Waals surface area (Å²) in [7, 11) is 1.69. The molecule has 0 spiro atoms. The molecule has 16 heavy (non-hydrogen) atoms. The van der Waals surface area contributed by atoms with Crippen molar-refractivity contribution >= 4 is 0 Å². The molecular formula is C13H19NO2. The minimum Gasteiger partial charge on any atom is -0.496 e. The first kappa shape index (κ1) is 11.4. The summed E-state index contributed by atoms with van der Waals surface area (Å²) < 4.78 is 5.32. The molecular weight excluding hydrogens is 202 g/mol. The SMILES string of the molecule is COc1ccccc1CC1CNCCC1O. The van der Waals surface area contributed by atoms with Gasteiger partial charge in [0.25, 0.3) is 0 Å². The van der Waals surface area contributed by atoms with Crippen molar-refractivity contribution in [1.82, 2.24) is 5.32 Å². The van der Waals surface area contributed by atoms with Gasteiger partial charge in [0.1, 0.15) is 5.75 Å². The molecule has 88 valence electrons. The van der Waals surface area contributed by atoms with E-state index in [0.717, 1.165) is 31.7 Å². The Morgan fingerprint density at radius 2 is 2.25 bits per heavy atom. The highest BCUT2D eigenvalue weighted by molar-refractivity contribution is 5.33. The lowest BCUT2D eigenvalue weighted by Gasteiger charge is -2.28. The lowest BCUT2D eigenvalue weighted by molar-refractivity contribution is 0.0788. The highest BCUT2D eigenvalue weighted by atomic mass is 16.5. The standard InChI is InChI=1S/C13H19NO2/c1-16-13-5-3-2-4-10(13)8-11-9-14-7-6-12(11)15/h2-5,11-12,14-15H,6-9H2,1H3. The number of nitrogens with one attached hydrogen (secondary N) is 1. The molecule has 1 heterocycles. The molecule has 3 nitrogen and oxygen atoms in total. The normalized spacial score (nSPS) is 25.4. The highest BCUT2D eigenvalue weighted by Gasteiger charge is 2.23. The van der Waals surface area contributed by atoms with Crippen molar-refractivity contribution in [2.24, 2.45) is 5.92 Å². The van der Waals surface area contributed by atoms with Crippen molar-refractivity contribution in [2.45, 2.75) is 18.9 Å². The number of hydrogen-bond donors (Lipinski definition) is 2. The molecule has 1 aliphatic heterocycles. The highest BCUT2D eigenvalue weighted by Crippen LogP contribution is 2.24. The summed E-state index contributed by atoms with van der Waals surface area (Å²) >= 11 is 0. The third-order valence-electron chi connectivity index (χ3n) is 3.24. The molecule has 2 N–H and O–H groups in total. The molecule has 0 aromatic heterocycles. The van der Waals surface area contributed by atoms with Gasteiger partial charge in [-0.1, -0.05) is 18.2 Å². The lowest BCUT2D eigenvalue weighted by Crippen LogP contribution is -2.40. The van der Waals surface area contributed by atoms with Gasteiger partial charge in [0.15, 0.2) is 0 Å². The number of aliphatic hydroxyl groups excluding tert-OH is 1. The quantitative estimate of drug-likeness (QED) is 0.806. The molecule has 0 amide bonds. The number of ether oxygens (including phenoxy) is 1. The maximum absolute atomic E-state index is 9.91. The van der Waals surface area contributed by atoms with Crippen molar-refractivity contribution in [3.8, 4) is 5.75 Å². The minimum absolute atomic E-state index is 0.189. The van der Waals surface area contributed by atoms with E-state index in [1.54, 1.807) is 7.11 Å². The summed E-state index contributed by atoms with van der Waals surface area (Å²) in [5, 5.41) is 13.2. The molecule has 2 atom stereocenters. The molecule has 1 saturated heterocycles. The van der Waals surface area contributed by atoms with E-state index in [0.29, 0.717) is 5.92 Å². The van der Waals surface area contributed by atoms with Gasteiger partial charge in [0.2, 0.25) is 0 Å². The monoisotopic (exact) mass is 221 g/mol. The average molecular weight is 221 g/mol. The van der Waals surface area contributed by atoms with Crippen molar-refractivity contribution in [1.29, 1.82) is 0 Å². The Balaban J connectivity index is 2.07. The number of aliphatic hydroxyl groups is 1. The van der Waals surface area contributed by atoms with Crippen LogP contribution < -0.4 is 10.1 Å². The Kier molecular flexibility index (Phi) is 3.80. The van der Waals surface area contributed by atoms with Crippen LogP contribution >= 0.6 is 0 Å². The third-order valence-corrected chi connectivity index (χ3v) is 3.24. The van der Waals surface area contributed by atoms with Crippen molar-refractivity contribution in [3.05, 3.63) is 29.8 Å². The Bertz CT molecular complexity index is 340. The van der Waals surface area contributed by atoms with Crippen LogP contribution in [0.5, 0.6) is 5.75 Å². The summed E-state index contributed by atoms with van der Waals surface area (Å²) in [5.74, 6) is 1.21. The third kappa shape index (κ3) is 2.54. The van der Waals surface area contributed by atoms with Crippen molar-refractivity contribution in [2.75, 3.05) is 20.2 Å². The molecule has 1 aromatic carbocycles. The maximum Gasteiger partial charge on any atom is 0.122 e. The van der Waals surface area contributed by atoms with E-state index < -0.39 is 0 Å². The van der Waals surface area contributed by atoms with E-state index in [-0.39, 0.29) is 6.10 Å². The summed E-state index contributed by atoms with van der Waals surface area (Å²) in [6.45, 7) is 1.81. The van der Waals surface area contributed by atoms with Crippen LogP contribution in [0.4, 0.5) is 0 Å². The molecule has 0 saturated carbocycles. The molecule has 0 bridgehead atoms. The van der Waals surface area contributed by atoms with Gasteiger partial charge >= 0.3 is 0 Å². The minimum atomic E-state index is -0.189. The largest absolute Gasteiger partial charge is 0.496 e. The predicted molar refractivity (Wildman–Crippen MR) is 63.7 cm³/mol. The van der Waals surface area contributed by atoms with Gasteiger partial charge in [-0.2, -0.15) is 0 Å². The number of rotatable bonds is 3. The first-order valence-electron chi connectivity index (χ1n) is 5.82. The summed E-state index contributed by atoms with van der Waals surface area (Å²) in [4.78, 5) is 0. The maximum atomic E-state index is 9.91. The fourth-order valence-electron chi connectivity index (χ4n) is 2.27. The zero-order valence-corrected chi connectivity index (χ0v) is 9.65. The van der Waals surface area contributed by atoms with Crippen LogP contribution in [-0.2, 0) is 6.42 Å². The second-order valence-electron chi connectivity index (χ2n) is 4.34. The lowest BCUT2D eigenvalue weighted by atomic mass is 9.89. The first-order chi connectivity index (χ1) is 7.81. The summed E-state index contributed by atoms with van der Waals surface area (Å²) in [6.07, 6.45) is 1.53. The van der Waals surface area contributed by atoms with Crippen LogP contribution in [-0.4, -0.2) is 31.4 Å². The van der Waals surface area contributed by atoms with Gasteiger partial charge in [0.05, 0.1) is 13.2 Å².